The number of anilines is 1. The van der Waals surface area contributed by atoms with Crippen LogP contribution in [0.4, 0.5) is 5.82 Å². The number of halogens is 1. The Hall–Kier alpha value is -1.73. The van der Waals surface area contributed by atoms with Crippen molar-refractivity contribution < 1.29 is 4.79 Å². The van der Waals surface area contributed by atoms with Crippen molar-refractivity contribution in [2.45, 2.75) is 51.7 Å². The second-order valence-electron chi connectivity index (χ2n) is 7.16. The van der Waals surface area contributed by atoms with E-state index >= 15 is 0 Å². The van der Waals surface area contributed by atoms with Crippen LogP contribution in [0.15, 0.2) is 29.0 Å². The molecule has 1 fully saturated rings. The minimum Gasteiger partial charge on any atom is -0.358 e. The number of amides is 1. The zero-order valence-electron chi connectivity index (χ0n) is 15.5. The van der Waals surface area contributed by atoms with Gasteiger partial charge in [0.2, 0.25) is 5.91 Å². The normalized spacial score (nSPS) is 17.4. The van der Waals surface area contributed by atoms with E-state index in [4.69, 9.17) is 0 Å². The quantitative estimate of drug-likeness (QED) is 0.778. The molecule has 2 heterocycles. The summed E-state index contributed by atoms with van der Waals surface area (Å²) < 4.78 is 0.955. The number of carbonyl (C=O) groups excluding carboxylic acids is 1. The van der Waals surface area contributed by atoms with Gasteiger partial charge in [0.25, 0.3) is 0 Å². The van der Waals surface area contributed by atoms with Crippen molar-refractivity contribution in [2.24, 2.45) is 0 Å². The predicted octanol–water partition coefficient (Wildman–Crippen LogP) is 3.18. The molecule has 0 aliphatic carbocycles. The van der Waals surface area contributed by atoms with Crippen molar-refractivity contribution in [1.29, 1.82) is 0 Å². The van der Waals surface area contributed by atoms with Gasteiger partial charge in [0.15, 0.2) is 0 Å². The van der Waals surface area contributed by atoms with Gasteiger partial charge in [-0.3, -0.25) is 4.79 Å². The van der Waals surface area contributed by atoms with E-state index in [1.807, 2.05) is 25.1 Å². The van der Waals surface area contributed by atoms with Gasteiger partial charge in [-0.05, 0) is 51.8 Å². The van der Waals surface area contributed by atoms with E-state index in [1.54, 1.807) is 0 Å². The third-order valence-electron chi connectivity index (χ3n) is 4.95. The highest BCUT2D eigenvalue weighted by Gasteiger charge is 2.24. The molecule has 1 atom stereocenters. The van der Waals surface area contributed by atoms with Crippen molar-refractivity contribution >= 4 is 38.6 Å². The molecule has 1 saturated heterocycles. The zero-order chi connectivity index (χ0) is 18.7. The van der Waals surface area contributed by atoms with Gasteiger partial charge in [0.05, 0.1) is 5.52 Å². The van der Waals surface area contributed by atoms with E-state index in [2.05, 4.69) is 55.3 Å². The van der Waals surface area contributed by atoms with E-state index in [0.29, 0.717) is 11.9 Å². The first-order chi connectivity index (χ1) is 12.4. The number of hydrogen-bond acceptors (Lipinski definition) is 5. The van der Waals surface area contributed by atoms with Crippen molar-refractivity contribution in [3.8, 4) is 0 Å². The molecule has 1 amide bonds. The maximum Gasteiger partial charge on any atom is 0.242 e. The Morgan fingerprint density at radius 2 is 1.96 bits per heavy atom. The van der Waals surface area contributed by atoms with Crippen LogP contribution in [0.1, 0.15) is 33.6 Å². The van der Waals surface area contributed by atoms with Crippen LogP contribution < -0.4 is 10.6 Å². The topological polar surface area (TPSA) is 70.1 Å². The summed E-state index contributed by atoms with van der Waals surface area (Å²) in [7, 11) is 0. The number of nitrogens with zero attached hydrogens (tertiary/aromatic N) is 3. The summed E-state index contributed by atoms with van der Waals surface area (Å²) in [5.74, 6) is 0.684. The second kappa shape index (κ2) is 8.31. The van der Waals surface area contributed by atoms with Crippen LogP contribution in [0.2, 0.25) is 0 Å². The van der Waals surface area contributed by atoms with Crippen LogP contribution in [0.3, 0.4) is 0 Å². The Morgan fingerprint density at radius 1 is 1.23 bits per heavy atom. The number of nitrogens with one attached hydrogen (secondary N) is 2. The summed E-state index contributed by atoms with van der Waals surface area (Å²) in [6.45, 7) is 8.37. The number of likely N-dealkylation sites (tertiary alicyclic amines) is 1. The highest BCUT2D eigenvalue weighted by Crippen LogP contribution is 2.23. The largest absolute Gasteiger partial charge is 0.358 e. The van der Waals surface area contributed by atoms with Gasteiger partial charge in [-0.1, -0.05) is 15.9 Å². The molecule has 0 saturated carbocycles. The van der Waals surface area contributed by atoms with Crippen molar-refractivity contribution in [2.75, 3.05) is 18.4 Å². The third-order valence-corrected chi connectivity index (χ3v) is 5.44. The van der Waals surface area contributed by atoms with Crippen molar-refractivity contribution in [1.82, 2.24) is 20.2 Å². The first kappa shape index (κ1) is 19.0. The predicted molar refractivity (Wildman–Crippen MR) is 108 cm³/mol. The van der Waals surface area contributed by atoms with Gasteiger partial charge >= 0.3 is 0 Å². The Balaban J connectivity index is 1.61. The molecule has 0 bridgehead atoms. The lowest BCUT2D eigenvalue weighted by molar-refractivity contribution is -0.122. The number of rotatable bonds is 5. The molecule has 7 heteroatoms. The van der Waals surface area contributed by atoms with Crippen LogP contribution in [-0.2, 0) is 4.79 Å². The van der Waals surface area contributed by atoms with Crippen LogP contribution in [-0.4, -0.2) is 52.0 Å². The fourth-order valence-corrected chi connectivity index (χ4v) is 3.66. The van der Waals surface area contributed by atoms with Crippen molar-refractivity contribution in [3.05, 3.63) is 29.0 Å². The first-order valence-electron chi connectivity index (χ1n) is 9.15. The van der Waals surface area contributed by atoms with Gasteiger partial charge in [0, 0.05) is 35.0 Å². The van der Waals surface area contributed by atoms with E-state index < -0.39 is 0 Å². The van der Waals surface area contributed by atoms with Gasteiger partial charge in [-0.2, -0.15) is 0 Å². The summed E-state index contributed by atoms with van der Waals surface area (Å²) >= 11 is 3.48. The van der Waals surface area contributed by atoms with Crippen LogP contribution in [0.25, 0.3) is 10.9 Å². The van der Waals surface area contributed by atoms with Gasteiger partial charge in [-0.25, -0.2) is 9.97 Å². The number of fused-ring (bicyclic) bond motifs is 1. The molecular weight excluding hydrogens is 394 g/mol. The highest BCUT2D eigenvalue weighted by molar-refractivity contribution is 9.10. The molecule has 6 nitrogen and oxygen atoms in total. The van der Waals surface area contributed by atoms with Crippen LogP contribution in [0, 0.1) is 0 Å². The Labute approximate surface area is 162 Å². The Kier molecular flexibility index (Phi) is 6.09. The molecule has 3 rings (SSSR count). The monoisotopic (exact) mass is 419 g/mol. The standard InChI is InChI=1S/C19H26BrN5O/c1-12(2)25-8-6-15(7-9-25)24-19(26)13(3)23-18-16-10-14(20)4-5-17(16)21-11-22-18/h4-5,10-13,15H,6-9H2,1-3H3,(H,24,26)(H,21,22,23). The fraction of sp³-hybridized carbons (Fsp3) is 0.526. The highest BCUT2D eigenvalue weighted by atomic mass is 79.9. The molecule has 2 N–H and O–H groups in total. The SMILES string of the molecule is CC(Nc1ncnc2ccc(Br)cc12)C(=O)NC1CCN(C(C)C)CC1. The van der Waals surface area contributed by atoms with Gasteiger partial charge in [-0.15, -0.1) is 0 Å². The zero-order valence-corrected chi connectivity index (χ0v) is 17.1. The average molecular weight is 420 g/mol. The maximum absolute atomic E-state index is 12.6. The van der Waals surface area contributed by atoms with Gasteiger partial charge in [0.1, 0.15) is 18.2 Å². The molecule has 1 aliphatic heterocycles. The number of piperidine rings is 1. The summed E-state index contributed by atoms with van der Waals surface area (Å²) in [4.78, 5) is 23.6. The maximum atomic E-state index is 12.6. The molecule has 2 aromatic rings. The van der Waals surface area contributed by atoms with E-state index in [0.717, 1.165) is 41.3 Å². The van der Waals surface area contributed by atoms with E-state index in [-0.39, 0.29) is 18.0 Å². The molecule has 1 aliphatic rings. The molecule has 140 valence electrons. The molecule has 0 radical (unpaired) electrons. The van der Waals surface area contributed by atoms with E-state index in [1.165, 1.54) is 6.33 Å². The minimum atomic E-state index is -0.366. The molecule has 1 aromatic heterocycles. The minimum absolute atomic E-state index is 0.00903. The fourth-order valence-electron chi connectivity index (χ4n) is 3.30. The van der Waals surface area contributed by atoms with Crippen molar-refractivity contribution in [3.63, 3.8) is 0 Å². The Bertz CT molecular complexity index is 774. The summed E-state index contributed by atoms with van der Waals surface area (Å²) in [6, 6.07) is 6.29. The second-order valence-corrected chi connectivity index (χ2v) is 8.08. The van der Waals surface area contributed by atoms with Gasteiger partial charge < -0.3 is 15.5 Å². The number of hydrogen-bond donors (Lipinski definition) is 2. The average Bonchev–Trinajstić information content (AvgIpc) is 2.62. The number of benzene rings is 1. The third kappa shape index (κ3) is 4.51. The molecule has 1 unspecified atom stereocenters. The summed E-state index contributed by atoms with van der Waals surface area (Å²) in [5, 5.41) is 7.31. The number of aromatic nitrogens is 2. The summed E-state index contributed by atoms with van der Waals surface area (Å²) in [5.41, 5.74) is 0.847. The first-order valence-corrected chi connectivity index (χ1v) is 9.94. The van der Waals surface area contributed by atoms with E-state index in [9.17, 15) is 4.79 Å². The molecule has 1 aromatic carbocycles. The molecular formula is C19H26BrN5O. The lowest BCUT2D eigenvalue weighted by Crippen LogP contribution is -2.49. The summed E-state index contributed by atoms with van der Waals surface area (Å²) in [6.07, 6.45) is 3.52. The lowest BCUT2D eigenvalue weighted by Gasteiger charge is -2.35. The van der Waals surface area contributed by atoms with Crippen LogP contribution >= 0.6 is 15.9 Å². The smallest absolute Gasteiger partial charge is 0.242 e. The number of carbonyl (C=O) groups is 1. The lowest BCUT2D eigenvalue weighted by atomic mass is 10.0. The molecule has 26 heavy (non-hydrogen) atoms. The van der Waals surface area contributed by atoms with Crippen LogP contribution in [0.5, 0.6) is 0 Å². The Morgan fingerprint density at radius 3 is 2.65 bits per heavy atom. The molecule has 0 spiro atoms.